The zero-order valence-electron chi connectivity index (χ0n) is 10.3. The number of ether oxygens (including phenoxy) is 2. The van der Waals surface area contributed by atoms with Gasteiger partial charge < -0.3 is 9.47 Å². The van der Waals surface area contributed by atoms with Gasteiger partial charge in [0.2, 0.25) is 0 Å². The molecule has 1 aromatic rings. The van der Waals surface area contributed by atoms with Gasteiger partial charge in [0.25, 0.3) is 0 Å². The van der Waals surface area contributed by atoms with E-state index in [0.717, 1.165) is 17.7 Å². The third kappa shape index (κ3) is 1.89. The van der Waals surface area contributed by atoms with Crippen LogP contribution in [0.25, 0.3) is 0 Å². The molecule has 0 bridgehead atoms. The molecule has 0 N–H and O–H groups in total. The summed E-state index contributed by atoms with van der Waals surface area (Å²) in [7, 11) is 1.66. The number of nitriles is 1. The van der Waals surface area contributed by atoms with E-state index in [4.69, 9.17) is 9.47 Å². The highest BCUT2D eigenvalue weighted by Gasteiger charge is 2.46. The summed E-state index contributed by atoms with van der Waals surface area (Å²) >= 11 is 0. The minimum atomic E-state index is -0.141. The summed E-state index contributed by atoms with van der Waals surface area (Å²) in [6.07, 6.45) is 0.844. The molecule has 1 unspecified atom stereocenters. The lowest BCUT2D eigenvalue weighted by molar-refractivity contribution is -0.0805. The van der Waals surface area contributed by atoms with Gasteiger partial charge in [0.05, 0.1) is 37.7 Å². The second-order valence-corrected chi connectivity index (χ2v) is 4.47. The molecule has 1 fully saturated rings. The van der Waals surface area contributed by atoms with Gasteiger partial charge >= 0.3 is 0 Å². The van der Waals surface area contributed by atoms with E-state index >= 15 is 0 Å². The Morgan fingerprint density at radius 1 is 1.53 bits per heavy atom. The molecule has 0 saturated carbocycles. The molecule has 3 nitrogen and oxygen atoms in total. The standard InChI is InChI=1S/C14H17NO2/c1-3-11(8-15)14(9-17-10-14)12-5-4-6-13(7-12)16-2/h4-7,11H,3,9-10H2,1-2H3. The van der Waals surface area contributed by atoms with Crippen LogP contribution in [0, 0.1) is 17.2 Å². The topological polar surface area (TPSA) is 42.2 Å². The average molecular weight is 231 g/mol. The Labute approximate surface area is 102 Å². The second-order valence-electron chi connectivity index (χ2n) is 4.47. The summed E-state index contributed by atoms with van der Waals surface area (Å²) in [4.78, 5) is 0. The summed E-state index contributed by atoms with van der Waals surface area (Å²) in [5, 5.41) is 9.28. The van der Waals surface area contributed by atoms with E-state index in [9.17, 15) is 5.26 Å². The molecule has 1 aliphatic rings. The highest BCUT2D eigenvalue weighted by molar-refractivity contribution is 5.37. The first kappa shape index (κ1) is 11.9. The number of nitrogens with zero attached hydrogens (tertiary/aromatic N) is 1. The van der Waals surface area contributed by atoms with E-state index in [1.54, 1.807) is 7.11 Å². The van der Waals surface area contributed by atoms with Crippen molar-refractivity contribution in [2.75, 3.05) is 20.3 Å². The Morgan fingerprint density at radius 2 is 2.29 bits per heavy atom. The molecule has 1 aromatic carbocycles. The van der Waals surface area contributed by atoms with Gasteiger partial charge in [0.1, 0.15) is 5.75 Å². The van der Waals surface area contributed by atoms with Crippen molar-refractivity contribution in [2.24, 2.45) is 5.92 Å². The van der Waals surface area contributed by atoms with Crippen LogP contribution in [0.15, 0.2) is 24.3 Å². The van der Waals surface area contributed by atoms with Crippen molar-refractivity contribution in [3.05, 3.63) is 29.8 Å². The molecule has 17 heavy (non-hydrogen) atoms. The zero-order valence-corrected chi connectivity index (χ0v) is 10.3. The van der Waals surface area contributed by atoms with Gasteiger partial charge in [-0.25, -0.2) is 0 Å². The molecule has 0 aliphatic carbocycles. The molecule has 1 aliphatic heterocycles. The van der Waals surface area contributed by atoms with Crippen LogP contribution < -0.4 is 4.74 Å². The molecule has 3 heteroatoms. The van der Waals surface area contributed by atoms with Gasteiger partial charge in [-0.15, -0.1) is 0 Å². The molecule has 1 atom stereocenters. The van der Waals surface area contributed by atoms with Crippen LogP contribution in [0.2, 0.25) is 0 Å². The Morgan fingerprint density at radius 3 is 2.76 bits per heavy atom. The molecule has 0 spiro atoms. The molecule has 0 radical (unpaired) electrons. The van der Waals surface area contributed by atoms with Gasteiger partial charge in [-0.3, -0.25) is 0 Å². The molecule has 0 amide bonds. The number of rotatable bonds is 4. The minimum absolute atomic E-state index is 0.00311. The van der Waals surface area contributed by atoms with Crippen molar-refractivity contribution in [3.63, 3.8) is 0 Å². The molecule has 1 saturated heterocycles. The highest BCUT2D eigenvalue weighted by Crippen LogP contribution is 2.41. The predicted molar refractivity (Wildman–Crippen MR) is 64.9 cm³/mol. The number of hydrogen-bond acceptors (Lipinski definition) is 3. The Kier molecular flexibility index (Phi) is 3.35. The molecule has 1 heterocycles. The van der Waals surface area contributed by atoms with Crippen LogP contribution >= 0.6 is 0 Å². The predicted octanol–water partition coefficient (Wildman–Crippen LogP) is 2.51. The van der Waals surface area contributed by atoms with Crippen LogP contribution in [0.1, 0.15) is 18.9 Å². The molecular weight excluding hydrogens is 214 g/mol. The zero-order chi connectivity index (χ0) is 12.3. The van der Waals surface area contributed by atoms with Gasteiger partial charge in [-0.1, -0.05) is 19.1 Å². The number of hydrogen-bond donors (Lipinski definition) is 0. The lowest BCUT2D eigenvalue weighted by Crippen LogP contribution is -2.51. The fourth-order valence-corrected chi connectivity index (χ4v) is 2.43. The quantitative estimate of drug-likeness (QED) is 0.799. The SMILES string of the molecule is CCC(C#N)C1(c2cccc(OC)c2)COC1. The molecular formula is C14H17NO2. The van der Waals surface area contributed by atoms with Gasteiger partial charge in [-0.2, -0.15) is 5.26 Å². The molecule has 90 valence electrons. The lowest BCUT2D eigenvalue weighted by atomic mass is 9.68. The van der Waals surface area contributed by atoms with Crippen molar-refractivity contribution < 1.29 is 9.47 Å². The van der Waals surface area contributed by atoms with E-state index in [2.05, 4.69) is 12.1 Å². The molecule has 2 rings (SSSR count). The average Bonchev–Trinajstić information content (AvgIpc) is 2.33. The van der Waals surface area contributed by atoms with E-state index in [0.29, 0.717) is 13.2 Å². The third-order valence-electron chi connectivity index (χ3n) is 3.60. The van der Waals surface area contributed by atoms with Crippen LogP contribution in [0.5, 0.6) is 5.75 Å². The van der Waals surface area contributed by atoms with Crippen molar-refractivity contribution in [3.8, 4) is 11.8 Å². The fourth-order valence-electron chi connectivity index (χ4n) is 2.43. The maximum Gasteiger partial charge on any atom is 0.119 e. The summed E-state index contributed by atoms with van der Waals surface area (Å²) in [5.41, 5.74) is 1.01. The summed E-state index contributed by atoms with van der Waals surface area (Å²) in [6, 6.07) is 10.4. The summed E-state index contributed by atoms with van der Waals surface area (Å²) in [5.74, 6) is 0.838. The maximum atomic E-state index is 9.28. The second kappa shape index (κ2) is 4.77. The monoisotopic (exact) mass is 231 g/mol. The van der Waals surface area contributed by atoms with Crippen LogP contribution in [-0.2, 0) is 10.2 Å². The normalized spacial score (nSPS) is 18.9. The van der Waals surface area contributed by atoms with Crippen molar-refractivity contribution >= 4 is 0 Å². The first-order valence-corrected chi connectivity index (χ1v) is 5.88. The first-order valence-electron chi connectivity index (χ1n) is 5.88. The number of methoxy groups -OCH3 is 1. The largest absolute Gasteiger partial charge is 0.497 e. The summed E-state index contributed by atoms with van der Waals surface area (Å²) < 4.78 is 10.6. The number of benzene rings is 1. The van der Waals surface area contributed by atoms with E-state index in [-0.39, 0.29) is 11.3 Å². The first-order chi connectivity index (χ1) is 8.26. The Bertz CT molecular complexity index is 432. The van der Waals surface area contributed by atoms with E-state index in [1.807, 2.05) is 25.1 Å². The smallest absolute Gasteiger partial charge is 0.119 e. The van der Waals surface area contributed by atoms with Crippen molar-refractivity contribution in [1.29, 1.82) is 5.26 Å². The van der Waals surface area contributed by atoms with Crippen LogP contribution in [0.3, 0.4) is 0 Å². The van der Waals surface area contributed by atoms with Crippen LogP contribution in [0.4, 0.5) is 0 Å². The fraction of sp³-hybridized carbons (Fsp3) is 0.500. The third-order valence-corrected chi connectivity index (χ3v) is 3.60. The minimum Gasteiger partial charge on any atom is -0.497 e. The lowest BCUT2D eigenvalue weighted by Gasteiger charge is -2.45. The van der Waals surface area contributed by atoms with Crippen molar-refractivity contribution in [1.82, 2.24) is 0 Å². The van der Waals surface area contributed by atoms with E-state index in [1.165, 1.54) is 0 Å². The summed E-state index contributed by atoms with van der Waals surface area (Å²) in [6.45, 7) is 3.31. The Balaban J connectivity index is 2.37. The Hall–Kier alpha value is -1.53. The van der Waals surface area contributed by atoms with Crippen LogP contribution in [-0.4, -0.2) is 20.3 Å². The van der Waals surface area contributed by atoms with Gasteiger partial charge in [0, 0.05) is 0 Å². The van der Waals surface area contributed by atoms with Gasteiger partial charge in [0.15, 0.2) is 0 Å². The molecule has 0 aromatic heterocycles. The maximum absolute atomic E-state index is 9.28. The van der Waals surface area contributed by atoms with Crippen molar-refractivity contribution in [2.45, 2.75) is 18.8 Å². The highest BCUT2D eigenvalue weighted by atomic mass is 16.5. The van der Waals surface area contributed by atoms with E-state index < -0.39 is 0 Å². The van der Waals surface area contributed by atoms with Gasteiger partial charge in [-0.05, 0) is 24.1 Å².